The van der Waals surface area contributed by atoms with Crippen LogP contribution in [0.4, 0.5) is 5.69 Å². The quantitative estimate of drug-likeness (QED) is 0.812. The van der Waals surface area contributed by atoms with Crippen LogP contribution in [0.25, 0.3) is 0 Å². The largest absolute Gasteiger partial charge is 0.399 e. The van der Waals surface area contributed by atoms with Crippen LogP contribution < -0.4 is 5.73 Å². The topological polar surface area (TPSA) is 29.3 Å². The number of benzene rings is 1. The Morgan fingerprint density at radius 3 is 2.47 bits per heavy atom. The van der Waals surface area contributed by atoms with Crippen LogP contribution in [0.3, 0.4) is 0 Å². The van der Waals surface area contributed by atoms with Gasteiger partial charge in [-0.3, -0.25) is 0 Å². The number of hydrogen-bond acceptors (Lipinski definition) is 2. The van der Waals surface area contributed by atoms with Crippen LogP contribution >= 0.6 is 0 Å². The van der Waals surface area contributed by atoms with Crippen molar-refractivity contribution in [2.75, 3.05) is 25.4 Å². The van der Waals surface area contributed by atoms with Gasteiger partial charge in [0.1, 0.15) is 0 Å². The lowest BCUT2D eigenvalue weighted by Gasteiger charge is -2.31. The maximum Gasteiger partial charge on any atom is 0.0314 e. The van der Waals surface area contributed by atoms with Crippen molar-refractivity contribution in [3.05, 3.63) is 29.8 Å². The van der Waals surface area contributed by atoms with Gasteiger partial charge < -0.3 is 10.6 Å². The first-order valence-corrected chi connectivity index (χ1v) is 6.56. The highest BCUT2D eigenvalue weighted by atomic mass is 15.1. The lowest BCUT2D eigenvalue weighted by Crippen LogP contribution is -2.35. The van der Waals surface area contributed by atoms with E-state index in [0.717, 1.165) is 18.2 Å². The number of nitrogen functional groups attached to an aromatic ring is 1. The molecule has 1 aromatic carbocycles. The van der Waals surface area contributed by atoms with E-state index < -0.39 is 0 Å². The van der Waals surface area contributed by atoms with Gasteiger partial charge in [-0.1, -0.05) is 32.9 Å². The van der Waals surface area contributed by atoms with Crippen molar-refractivity contribution < 1.29 is 0 Å². The predicted molar refractivity (Wildman–Crippen MR) is 74.1 cm³/mol. The normalized spacial score (nSPS) is 21.9. The molecule has 0 aromatic heterocycles. The Kier molecular flexibility index (Phi) is 3.43. The minimum absolute atomic E-state index is 0.206. The Morgan fingerprint density at radius 1 is 1.29 bits per heavy atom. The zero-order chi connectivity index (χ0) is 12.5. The molecule has 2 N–H and O–H groups in total. The molecule has 0 bridgehead atoms. The lowest BCUT2D eigenvalue weighted by molar-refractivity contribution is 0.262. The first-order chi connectivity index (χ1) is 7.97. The van der Waals surface area contributed by atoms with Crippen molar-refractivity contribution >= 4 is 5.69 Å². The van der Waals surface area contributed by atoms with Crippen LogP contribution in [-0.2, 0) is 5.41 Å². The van der Waals surface area contributed by atoms with Gasteiger partial charge in [0.25, 0.3) is 0 Å². The van der Waals surface area contributed by atoms with Gasteiger partial charge in [-0.15, -0.1) is 0 Å². The number of anilines is 1. The Labute approximate surface area is 105 Å². The first kappa shape index (κ1) is 12.4. The van der Waals surface area contributed by atoms with E-state index in [2.05, 4.69) is 37.8 Å². The summed E-state index contributed by atoms with van der Waals surface area (Å²) in [6.07, 6.45) is 1.35. The number of rotatable bonds is 3. The van der Waals surface area contributed by atoms with Gasteiger partial charge in [0.15, 0.2) is 0 Å². The van der Waals surface area contributed by atoms with Crippen molar-refractivity contribution in [3.8, 4) is 0 Å². The monoisotopic (exact) mass is 232 g/mol. The smallest absolute Gasteiger partial charge is 0.0314 e. The summed E-state index contributed by atoms with van der Waals surface area (Å²) in [4.78, 5) is 2.58. The summed E-state index contributed by atoms with van der Waals surface area (Å²) in [6, 6.07) is 8.33. The summed E-state index contributed by atoms with van der Waals surface area (Å²) in [5.74, 6) is 0.859. The first-order valence-electron chi connectivity index (χ1n) is 6.56. The van der Waals surface area contributed by atoms with Crippen LogP contribution in [0.15, 0.2) is 24.3 Å². The summed E-state index contributed by atoms with van der Waals surface area (Å²) in [7, 11) is 0. The summed E-state index contributed by atoms with van der Waals surface area (Å²) < 4.78 is 0. The molecule has 2 nitrogen and oxygen atoms in total. The minimum Gasteiger partial charge on any atom is -0.399 e. The zero-order valence-corrected chi connectivity index (χ0v) is 11.2. The fourth-order valence-corrected chi connectivity index (χ4v) is 2.75. The van der Waals surface area contributed by atoms with Crippen molar-refractivity contribution in [1.29, 1.82) is 0 Å². The highest BCUT2D eigenvalue weighted by Crippen LogP contribution is 2.27. The molecule has 0 radical (unpaired) electrons. The van der Waals surface area contributed by atoms with Crippen LogP contribution in [-0.4, -0.2) is 24.5 Å². The second-order valence-electron chi connectivity index (χ2n) is 6.13. The molecule has 1 atom stereocenters. The molecule has 0 spiro atoms. The molecule has 1 fully saturated rings. The second kappa shape index (κ2) is 4.69. The molecule has 2 rings (SSSR count). The minimum atomic E-state index is 0.206. The van der Waals surface area contributed by atoms with E-state index in [9.17, 15) is 0 Å². The highest BCUT2D eigenvalue weighted by Gasteiger charge is 2.27. The van der Waals surface area contributed by atoms with E-state index in [1.807, 2.05) is 12.1 Å². The Hall–Kier alpha value is -1.02. The predicted octanol–water partition coefficient (Wildman–Crippen LogP) is 2.89. The average Bonchev–Trinajstić information content (AvgIpc) is 2.63. The molecule has 1 aliphatic heterocycles. The number of nitrogens with zero attached hydrogens (tertiary/aromatic N) is 1. The van der Waals surface area contributed by atoms with Crippen LogP contribution in [0.5, 0.6) is 0 Å². The van der Waals surface area contributed by atoms with Gasteiger partial charge in [-0.2, -0.15) is 0 Å². The molecule has 1 aromatic rings. The molecule has 1 heterocycles. The van der Waals surface area contributed by atoms with Crippen molar-refractivity contribution in [3.63, 3.8) is 0 Å². The second-order valence-corrected chi connectivity index (χ2v) is 6.13. The van der Waals surface area contributed by atoms with E-state index in [0.29, 0.717) is 0 Å². The van der Waals surface area contributed by atoms with Gasteiger partial charge >= 0.3 is 0 Å². The van der Waals surface area contributed by atoms with E-state index >= 15 is 0 Å². The Balaban J connectivity index is 2.05. The summed E-state index contributed by atoms with van der Waals surface area (Å²) in [5.41, 5.74) is 8.17. The van der Waals surface area contributed by atoms with Gasteiger partial charge in [-0.05, 0) is 36.6 Å². The fraction of sp³-hybridized carbons (Fsp3) is 0.600. The van der Waals surface area contributed by atoms with Crippen molar-refractivity contribution in [2.24, 2.45) is 5.92 Å². The van der Waals surface area contributed by atoms with Crippen LogP contribution in [0.2, 0.25) is 0 Å². The van der Waals surface area contributed by atoms with E-state index in [-0.39, 0.29) is 5.41 Å². The SMILES string of the molecule is CC1CCN(CC(C)(C)c2ccc(N)cc2)C1. The maximum absolute atomic E-state index is 5.74. The van der Waals surface area contributed by atoms with E-state index in [1.54, 1.807) is 0 Å². The fourth-order valence-electron chi connectivity index (χ4n) is 2.75. The van der Waals surface area contributed by atoms with E-state index in [1.165, 1.54) is 25.1 Å². The Morgan fingerprint density at radius 2 is 1.94 bits per heavy atom. The number of likely N-dealkylation sites (tertiary alicyclic amines) is 1. The van der Waals surface area contributed by atoms with Gasteiger partial charge in [-0.25, -0.2) is 0 Å². The standard InChI is InChI=1S/C15H24N2/c1-12-8-9-17(10-12)11-15(2,3)13-4-6-14(16)7-5-13/h4-7,12H,8-11,16H2,1-3H3. The van der Waals surface area contributed by atoms with Gasteiger partial charge in [0, 0.05) is 24.2 Å². The molecule has 17 heavy (non-hydrogen) atoms. The van der Waals surface area contributed by atoms with E-state index in [4.69, 9.17) is 5.73 Å². The third-order valence-corrected chi connectivity index (χ3v) is 3.82. The molecule has 2 heteroatoms. The zero-order valence-electron chi connectivity index (χ0n) is 11.2. The maximum atomic E-state index is 5.74. The van der Waals surface area contributed by atoms with Crippen molar-refractivity contribution in [2.45, 2.75) is 32.6 Å². The number of nitrogens with two attached hydrogens (primary N) is 1. The molecule has 1 unspecified atom stereocenters. The van der Waals surface area contributed by atoms with Crippen molar-refractivity contribution in [1.82, 2.24) is 4.90 Å². The molecule has 1 aliphatic rings. The summed E-state index contributed by atoms with van der Waals surface area (Å²) in [5, 5.41) is 0. The molecular weight excluding hydrogens is 208 g/mol. The molecule has 0 saturated carbocycles. The highest BCUT2D eigenvalue weighted by molar-refractivity contribution is 5.41. The van der Waals surface area contributed by atoms with Crippen LogP contribution in [0, 0.1) is 5.92 Å². The average molecular weight is 232 g/mol. The van der Waals surface area contributed by atoms with Gasteiger partial charge in [0.2, 0.25) is 0 Å². The lowest BCUT2D eigenvalue weighted by atomic mass is 9.84. The number of hydrogen-bond donors (Lipinski definition) is 1. The van der Waals surface area contributed by atoms with Gasteiger partial charge in [0.05, 0.1) is 0 Å². The molecular formula is C15H24N2. The Bertz CT molecular complexity index is 367. The molecule has 94 valence electrons. The van der Waals surface area contributed by atoms with Crippen LogP contribution in [0.1, 0.15) is 32.8 Å². The molecule has 1 saturated heterocycles. The molecule has 0 aliphatic carbocycles. The summed E-state index contributed by atoms with van der Waals surface area (Å²) in [6.45, 7) is 10.6. The summed E-state index contributed by atoms with van der Waals surface area (Å²) >= 11 is 0. The third kappa shape index (κ3) is 3.01. The molecule has 0 amide bonds. The third-order valence-electron chi connectivity index (χ3n) is 3.82.